The summed E-state index contributed by atoms with van der Waals surface area (Å²) in [5, 5.41) is 0. The van der Waals surface area contributed by atoms with E-state index < -0.39 is 0 Å². The maximum atomic E-state index is 4.63. The van der Waals surface area contributed by atoms with Crippen molar-refractivity contribution >= 4 is 0 Å². The standard InChI is InChI=1S/C23H19N3/c1-3-11-18(4-2)16-17-21-24-22(19-12-7-5-8-13-19)26-23(25-21)20-14-9-6-10-15-20/h4-15H,2-3H2,1H3. The van der Waals surface area contributed by atoms with Gasteiger partial charge in [-0.1, -0.05) is 92.2 Å². The topological polar surface area (TPSA) is 38.7 Å². The smallest absolute Gasteiger partial charge is 0.208 e. The first-order valence-corrected chi connectivity index (χ1v) is 8.51. The molecule has 1 heterocycles. The highest BCUT2D eigenvalue weighted by Crippen LogP contribution is 2.19. The molecule has 3 nitrogen and oxygen atoms in total. The highest BCUT2D eigenvalue weighted by Gasteiger charge is 2.09. The fourth-order valence-electron chi connectivity index (χ4n) is 2.40. The van der Waals surface area contributed by atoms with Gasteiger partial charge in [0, 0.05) is 16.7 Å². The second kappa shape index (κ2) is 8.55. The average Bonchev–Trinajstić information content (AvgIpc) is 2.72. The molecule has 0 fully saturated rings. The summed E-state index contributed by atoms with van der Waals surface area (Å²) in [6, 6.07) is 19.7. The van der Waals surface area contributed by atoms with E-state index in [1.807, 2.05) is 66.7 Å². The monoisotopic (exact) mass is 337 g/mol. The van der Waals surface area contributed by atoms with Crippen LogP contribution in [-0.2, 0) is 0 Å². The van der Waals surface area contributed by atoms with Gasteiger partial charge in [0.2, 0.25) is 5.82 Å². The van der Waals surface area contributed by atoms with Crippen LogP contribution in [0.2, 0.25) is 0 Å². The zero-order valence-corrected chi connectivity index (χ0v) is 14.7. The van der Waals surface area contributed by atoms with Gasteiger partial charge in [0.15, 0.2) is 11.6 Å². The van der Waals surface area contributed by atoms with E-state index in [0.29, 0.717) is 17.5 Å². The molecule has 0 saturated heterocycles. The summed E-state index contributed by atoms with van der Waals surface area (Å²) in [5.74, 6) is 7.81. The number of hydrogen-bond donors (Lipinski definition) is 0. The molecule has 0 spiro atoms. The van der Waals surface area contributed by atoms with Crippen LogP contribution in [0.25, 0.3) is 22.8 Å². The molecule has 3 aromatic rings. The molecular formula is C23H19N3. The van der Waals surface area contributed by atoms with Crippen molar-refractivity contribution in [1.29, 1.82) is 0 Å². The lowest BCUT2D eigenvalue weighted by molar-refractivity contribution is 1.04. The molecule has 0 atom stereocenters. The van der Waals surface area contributed by atoms with E-state index in [-0.39, 0.29) is 0 Å². The quantitative estimate of drug-likeness (QED) is 0.492. The lowest BCUT2D eigenvalue weighted by atomic mass is 10.2. The van der Waals surface area contributed by atoms with E-state index in [1.165, 1.54) is 0 Å². The van der Waals surface area contributed by atoms with Crippen molar-refractivity contribution in [2.45, 2.75) is 13.3 Å². The molecule has 0 radical (unpaired) electrons. The van der Waals surface area contributed by atoms with Crippen LogP contribution in [0, 0.1) is 11.8 Å². The van der Waals surface area contributed by atoms with Gasteiger partial charge in [0.25, 0.3) is 0 Å². The fraction of sp³-hybridized carbons (Fsp3) is 0.0870. The number of allylic oxidation sites excluding steroid dienone is 3. The lowest BCUT2D eigenvalue weighted by Gasteiger charge is -2.05. The first-order valence-electron chi connectivity index (χ1n) is 8.51. The van der Waals surface area contributed by atoms with Crippen molar-refractivity contribution in [2.75, 3.05) is 0 Å². The normalized spacial score (nSPS) is 10.7. The van der Waals surface area contributed by atoms with Crippen LogP contribution in [0.3, 0.4) is 0 Å². The molecule has 0 aliphatic carbocycles. The van der Waals surface area contributed by atoms with Gasteiger partial charge in [-0.3, -0.25) is 0 Å². The van der Waals surface area contributed by atoms with Crippen LogP contribution in [-0.4, -0.2) is 15.0 Å². The van der Waals surface area contributed by atoms with Gasteiger partial charge in [0.05, 0.1) is 0 Å². The largest absolute Gasteiger partial charge is 0.209 e. The SMILES string of the molecule is C=CC(C#Cc1nc(-c2ccccc2)nc(-c2ccccc2)n1)=CCC. The summed E-state index contributed by atoms with van der Waals surface area (Å²) in [4.78, 5) is 13.7. The first-order chi connectivity index (χ1) is 12.8. The summed E-state index contributed by atoms with van der Waals surface area (Å²) in [6.07, 6.45) is 4.67. The number of benzene rings is 2. The second-order valence-electron chi connectivity index (χ2n) is 5.56. The van der Waals surface area contributed by atoms with Gasteiger partial charge in [-0.15, -0.1) is 0 Å². The summed E-state index contributed by atoms with van der Waals surface area (Å²) in [6.45, 7) is 5.86. The fourth-order valence-corrected chi connectivity index (χ4v) is 2.40. The van der Waals surface area contributed by atoms with Crippen molar-refractivity contribution in [1.82, 2.24) is 15.0 Å². The van der Waals surface area contributed by atoms with Crippen molar-refractivity contribution in [3.05, 3.63) is 90.8 Å². The lowest BCUT2D eigenvalue weighted by Crippen LogP contribution is -2.00. The van der Waals surface area contributed by atoms with Crippen LogP contribution in [0.15, 0.2) is 85.0 Å². The van der Waals surface area contributed by atoms with Crippen molar-refractivity contribution < 1.29 is 0 Å². The van der Waals surface area contributed by atoms with Crippen LogP contribution < -0.4 is 0 Å². The molecule has 2 aromatic carbocycles. The third kappa shape index (κ3) is 4.31. The predicted molar refractivity (Wildman–Crippen MR) is 106 cm³/mol. The Hall–Kier alpha value is -3.51. The van der Waals surface area contributed by atoms with Crippen LogP contribution in [0.4, 0.5) is 0 Å². The van der Waals surface area contributed by atoms with Gasteiger partial charge < -0.3 is 0 Å². The van der Waals surface area contributed by atoms with Crippen molar-refractivity contribution in [3.63, 3.8) is 0 Å². The van der Waals surface area contributed by atoms with Crippen LogP contribution >= 0.6 is 0 Å². The highest BCUT2D eigenvalue weighted by atomic mass is 15.0. The molecule has 0 aliphatic rings. The molecule has 0 N–H and O–H groups in total. The van der Waals surface area contributed by atoms with Crippen molar-refractivity contribution in [2.24, 2.45) is 0 Å². The maximum Gasteiger partial charge on any atom is 0.209 e. The maximum absolute atomic E-state index is 4.63. The molecule has 0 unspecified atom stereocenters. The molecule has 3 heteroatoms. The predicted octanol–water partition coefficient (Wildman–Crippen LogP) is 5.08. The Morgan fingerprint density at radius 2 is 1.42 bits per heavy atom. The Bertz CT molecular complexity index is 920. The van der Waals surface area contributed by atoms with Gasteiger partial charge in [-0.2, -0.15) is 0 Å². The van der Waals surface area contributed by atoms with Gasteiger partial charge in [0.1, 0.15) is 0 Å². The molecular weight excluding hydrogens is 318 g/mol. The summed E-state index contributed by atoms with van der Waals surface area (Å²) < 4.78 is 0. The van der Waals surface area contributed by atoms with Gasteiger partial charge in [-0.25, -0.2) is 15.0 Å². The zero-order valence-electron chi connectivity index (χ0n) is 14.7. The Balaban J connectivity index is 2.11. The molecule has 0 amide bonds. The number of nitrogens with zero attached hydrogens (tertiary/aromatic N) is 3. The molecule has 3 rings (SSSR count). The van der Waals surface area contributed by atoms with E-state index in [0.717, 1.165) is 23.1 Å². The van der Waals surface area contributed by atoms with E-state index >= 15 is 0 Å². The zero-order chi connectivity index (χ0) is 18.2. The molecule has 0 bridgehead atoms. The van der Waals surface area contributed by atoms with E-state index in [2.05, 4.69) is 40.3 Å². The first kappa shape index (κ1) is 17.3. The molecule has 126 valence electrons. The third-order valence-electron chi connectivity index (χ3n) is 3.66. The third-order valence-corrected chi connectivity index (χ3v) is 3.66. The minimum Gasteiger partial charge on any atom is -0.208 e. The molecule has 0 aliphatic heterocycles. The summed E-state index contributed by atoms with van der Waals surface area (Å²) >= 11 is 0. The second-order valence-corrected chi connectivity index (χ2v) is 5.56. The van der Waals surface area contributed by atoms with Gasteiger partial charge >= 0.3 is 0 Å². The van der Waals surface area contributed by atoms with E-state index in [9.17, 15) is 0 Å². The molecule has 0 saturated carbocycles. The average molecular weight is 337 g/mol. The van der Waals surface area contributed by atoms with Crippen molar-refractivity contribution in [3.8, 4) is 34.6 Å². The minimum absolute atomic E-state index is 0.446. The van der Waals surface area contributed by atoms with Crippen LogP contribution in [0.5, 0.6) is 0 Å². The molecule has 1 aromatic heterocycles. The number of rotatable bonds is 4. The minimum atomic E-state index is 0.446. The summed E-state index contributed by atoms with van der Waals surface area (Å²) in [7, 11) is 0. The van der Waals surface area contributed by atoms with E-state index in [4.69, 9.17) is 0 Å². The Labute approximate surface area is 154 Å². The Morgan fingerprint density at radius 3 is 1.88 bits per heavy atom. The Morgan fingerprint density at radius 1 is 0.885 bits per heavy atom. The van der Waals surface area contributed by atoms with Gasteiger partial charge in [-0.05, 0) is 12.3 Å². The number of hydrogen-bond acceptors (Lipinski definition) is 3. The van der Waals surface area contributed by atoms with E-state index in [1.54, 1.807) is 6.08 Å². The number of aromatic nitrogens is 3. The van der Waals surface area contributed by atoms with Crippen LogP contribution in [0.1, 0.15) is 19.2 Å². The Kier molecular flexibility index (Phi) is 5.69. The highest BCUT2D eigenvalue weighted by molar-refractivity contribution is 5.61. The summed E-state index contributed by atoms with van der Waals surface area (Å²) in [5.41, 5.74) is 2.74. The molecule has 26 heavy (non-hydrogen) atoms.